The van der Waals surface area contributed by atoms with E-state index in [9.17, 15) is 5.11 Å². The van der Waals surface area contributed by atoms with Crippen LogP contribution in [0.5, 0.6) is 11.5 Å². The highest BCUT2D eigenvalue weighted by atomic mass is 16.5. The van der Waals surface area contributed by atoms with Gasteiger partial charge in [-0.2, -0.15) is 0 Å². The van der Waals surface area contributed by atoms with Gasteiger partial charge >= 0.3 is 0 Å². The summed E-state index contributed by atoms with van der Waals surface area (Å²) >= 11 is 0. The summed E-state index contributed by atoms with van der Waals surface area (Å²) < 4.78 is 5.65. The highest BCUT2D eigenvalue weighted by molar-refractivity contribution is 5.42. The van der Waals surface area contributed by atoms with Crippen molar-refractivity contribution in [3.8, 4) is 11.5 Å². The topological polar surface area (TPSA) is 49.7 Å². The van der Waals surface area contributed by atoms with Crippen LogP contribution in [0.3, 0.4) is 0 Å². The summed E-state index contributed by atoms with van der Waals surface area (Å²) in [6.45, 7) is 2.31. The number of benzene rings is 2. The third-order valence-corrected chi connectivity index (χ3v) is 2.86. The Labute approximate surface area is 106 Å². The first-order chi connectivity index (χ1) is 8.70. The van der Waals surface area contributed by atoms with E-state index in [2.05, 4.69) is 0 Å². The van der Waals surface area contributed by atoms with Gasteiger partial charge < -0.3 is 14.9 Å². The van der Waals surface area contributed by atoms with Crippen LogP contribution in [0.25, 0.3) is 0 Å². The maximum atomic E-state index is 9.56. The van der Waals surface area contributed by atoms with E-state index in [-0.39, 0.29) is 12.4 Å². The maximum absolute atomic E-state index is 9.56. The molecule has 0 aromatic heterocycles. The summed E-state index contributed by atoms with van der Waals surface area (Å²) in [5.74, 6) is 0.921. The Morgan fingerprint density at radius 3 is 2.33 bits per heavy atom. The molecule has 0 aliphatic heterocycles. The lowest BCUT2D eigenvalue weighted by Crippen LogP contribution is -1.97. The van der Waals surface area contributed by atoms with Gasteiger partial charge in [0, 0.05) is 5.56 Å². The molecule has 3 nitrogen and oxygen atoms in total. The second-order valence-corrected chi connectivity index (χ2v) is 4.16. The monoisotopic (exact) mass is 244 g/mol. The van der Waals surface area contributed by atoms with Crippen LogP contribution in [-0.2, 0) is 13.2 Å². The Balaban J connectivity index is 2.04. The molecular formula is C15H16O3. The number of aromatic hydroxyl groups is 1. The SMILES string of the molecule is Cc1c(O)cccc1OCc1ccc(CO)cc1. The lowest BCUT2D eigenvalue weighted by Gasteiger charge is -2.10. The van der Waals surface area contributed by atoms with Gasteiger partial charge in [-0.1, -0.05) is 30.3 Å². The minimum absolute atomic E-state index is 0.0484. The molecule has 0 atom stereocenters. The number of ether oxygens (including phenoxy) is 1. The predicted molar refractivity (Wildman–Crippen MR) is 69.5 cm³/mol. The van der Waals surface area contributed by atoms with Crippen molar-refractivity contribution in [1.82, 2.24) is 0 Å². The van der Waals surface area contributed by atoms with Gasteiger partial charge in [-0.05, 0) is 30.2 Å². The van der Waals surface area contributed by atoms with E-state index in [1.165, 1.54) is 0 Å². The number of phenolic OH excluding ortho intramolecular Hbond substituents is 1. The van der Waals surface area contributed by atoms with Crippen LogP contribution < -0.4 is 4.74 Å². The van der Waals surface area contributed by atoms with E-state index in [0.29, 0.717) is 12.4 Å². The molecule has 0 aliphatic carbocycles. The Morgan fingerprint density at radius 1 is 1.00 bits per heavy atom. The molecule has 0 saturated heterocycles. The van der Waals surface area contributed by atoms with Crippen LogP contribution in [0.15, 0.2) is 42.5 Å². The summed E-state index contributed by atoms with van der Waals surface area (Å²) in [4.78, 5) is 0. The molecule has 0 aliphatic rings. The molecule has 0 fully saturated rings. The van der Waals surface area contributed by atoms with E-state index < -0.39 is 0 Å². The standard InChI is InChI=1S/C15H16O3/c1-11-14(17)3-2-4-15(11)18-10-13-7-5-12(9-16)6-8-13/h2-8,16-17H,9-10H2,1H3. The van der Waals surface area contributed by atoms with Crippen LogP contribution in [0.2, 0.25) is 0 Å². The van der Waals surface area contributed by atoms with Gasteiger partial charge in [0.25, 0.3) is 0 Å². The summed E-state index contributed by atoms with van der Waals surface area (Å²) in [5, 5.41) is 18.5. The smallest absolute Gasteiger partial charge is 0.126 e. The zero-order valence-corrected chi connectivity index (χ0v) is 10.3. The van der Waals surface area contributed by atoms with Crippen molar-refractivity contribution in [2.75, 3.05) is 0 Å². The first kappa shape index (κ1) is 12.5. The number of rotatable bonds is 4. The van der Waals surface area contributed by atoms with Crippen molar-refractivity contribution in [1.29, 1.82) is 0 Å². The molecule has 0 bridgehead atoms. The quantitative estimate of drug-likeness (QED) is 0.869. The highest BCUT2D eigenvalue weighted by Crippen LogP contribution is 2.26. The van der Waals surface area contributed by atoms with E-state index in [0.717, 1.165) is 16.7 Å². The molecule has 2 aromatic rings. The van der Waals surface area contributed by atoms with Crippen LogP contribution in [0.1, 0.15) is 16.7 Å². The maximum Gasteiger partial charge on any atom is 0.126 e. The van der Waals surface area contributed by atoms with Gasteiger partial charge in [0.15, 0.2) is 0 Å². The number of hydrogen-bond donors (Lipinski definition) is 2. The molecule has 2 N–H and O–H groups in total. The first-order valence-electron chi connectivity index (χ1n) is 5.81. The molecule has 18 heavy (non-hydrogen) atoms. The molecule has 0 spiro atoms. The molecular weight excluding hydrogens is 228 g/mol. The van der Waals surface area contributed by atoms with Crippen molar-refractivity contribution in [2.45, 2.75) is 20.1 Å². The number of aliphatic hydroxyl groups excluding tert-OH is 1. The molecule has 3 heteroatoms. The van der Waals surface area contributed by atoms with E-state index in [4.69, 9.17) is 9.84 Å². The zero-order valence-electron chi connectivity index (χ0n) is 10.3. The Morgan fingerprint density at radius 2 is 1.67 bits per heavy atom. The second-order valence-electron chi connectivity index (χ2n) is 4.16. The molecule has 0 amide bonds. The molecule has 0 heterocycles. The fraction of sp³-hybridized carbons (Fsp3) is 0.200. The van der Waals surface area contributed by atoms with E-state index in [1.54, 1.807) is 12.1 Å². The average Bonchev–Trinajstić information content (AvgIpc) is 2.41. The van der Waals surface area contributed by atoms with Gasteiger partial charge in [-0.25, -0.2) is 0 Å². The van der Waals surface area contributed by atoms with Gasteiger partial charge in [-0.15, -0.1) is 0 Å². The van der Waals surface area contributed by atoms with E-state index in [1.807, 2.05) is 37.3 Å². The minimum Gasteiger partial charge on any atom is -0.508 e. The molecule has 2 aromatic carbocycles. The Hall–Kier alpha value is -2.00. The number of hydrogen-bond acceptors (Lipinski definition) is 3. The number of aliphatic hydroxyl groups is 1. The fourth-order valence-electron chi connectivity index (χ4n) is 1.66. The van der Waals surface area contributed by atoms with Crippen molar-refractivity contribution in [2.24, 2.45) is 0 Å². The van der Waals surface area contributed by atoms with Crippen LogP contribution in [-0.4, -0.2) is 10.2 Å². The minimum atomic E-state index is 0.0484. The van der Waals surface area contributed by atoms with Crippen molar-refractivity contribution < 1.29 is 14.9 Å². The Kier molecular flexibility index (Phi) is 3.85. The number of phenols is 1. The summed E-state index contributed by atoms with van der Waals surface area (Å²) in [6.07, 6.45) is 0. The van der Waals surface area contributed by atoms with Crippen molar-refractivity contribution in [3.63, 3.8) is 0 Å². The first-order valence-corrected chi connectivity index (χ1v) is 5.81. The molecule has 94 valence electrons. The molecule has 0 unspecified atom stereocenters. The van der Waals surface area contributed by atoms with Gasteiger partial charge in [0.1, 0.15) is 18.1 Å². The Bertz CT molecular complexity index is 518. The summed E-state index contributed by atoms with van der Waals surface area (Å²) in [5.41, 5.74) is 2.65. The average molecular weight is 244 g/mol. The molecule has 0 saturated carbocycles. The normalized spacial score (nSPS) is 10.3. The fourth-order valence-corrected chi connectivity index (χ4v) is 1.66. The van der Waals surface area contributed by atoms with Crippen molar-refractivity contribution in [3.05, 3.63) is 59.2 Å². The van der Waals surface area contributed by atoms with Gasteiger partial charge in [-0.3, -0.25) is 0 Å². The van der Waals surface area contributed by atoms with Crippen molar-refractivity contribution >= 4 is 0 Å². The second kappa shape index (κ2) is 5.56. The summed E-state index contributed by atoms with van der Waals surface area (Å²) in [6, 6.07) is 12.8. The molecule has 2 rings (SSSR count). The van der Waals surface area contributed by atoms with E-state index >= 15 is 0 Å². The lowest BCUT2D eigenvalue weighted by atomic mass is 10.1. The largest absolute Gasteiger partial charge is 0.508 e. The third kappa shape index (κ3) is 2.81. The van der Waals surface area contributed by atoms with Crippen LogP contribution in [0, 0.1) is 6.92 Å². The zero-order chi connectivity index (χ0) is 13.0. The third-order valence-electron chi connectivity index (χ3n) is 2.86. The van der Waals surface area contributed by atoms with Gasteiger partial charge in [0.2, 0.25) is 0 Å². The van der Waals surface area contributed by atoms with Gasteiger partial charge in [0.05, 0.1) is 6.61 Å². The predicted octanol–water partition coefficient (Wildman–Crippen LogP) is 2.77. The summed E-state index contributed by atoms with van der Waals surface area (Å²) in [7, 11) is 0. The highest BCUT2D eigenvalue weighted by Gasteiger charge is 2.03. The molecule has 0 radical (unpaired) electrons. The lowest BCUT2D eigenvalue weighted by molar-refractivity contribution is 0.281. The van der Waals surface area contributed by atoms with Crippen LogP contribution >= 0.6 is 0 Å². The van der Waals surface area contributed by atoms with Crippen LogP contribution in [0.4, 0.5) is 0 Å².